The normalized spacial score (nSPS) is 10.4. The van der Waals surface area contributed by atoms with Crippen LogP contribution in [0.15, 0.2) is 63.9 Å². The van der Waals surface area contributed by atoms with Crippen LogP contribution in [-0.2, 0) is 0 Å². The number of halogens is 1. The molecule has 2 aromatic carbocycles. The van der Waals surface area contributed by atoms with Gasteiger partial charge < -0.3 is 4.98 Å². The van der Waals surface area contributed by atoms with Gasteiger partial charge in [-0.15, -0.1) is 0 Å². The van der Waals surface area contributed by atoms with Gasteiger partial charge in [0.15, 0.2) is 0 Å². The Morgan fingerprint density at radius 2 is 1.50 bits per heavy atom. The molecule has 0 saturated carbocycles. The first-order valence-corrected chi connectivity index (χ1v) is 7.83. The molecule has 3 aromatic rings. The minimum absolute atomic E-state index is 0.182. The highest BCUT2D eigenvalue weighted by Gasteiger charge is 2.14. The number of aromatic amines is 1. The van der Waals surface area contributed by atoms with E-state index in [0.29, 0.717) is 20.9 Å². The summed E-state index contributed by atoms with van der Waals surface area (Å²) >= 11 is 3.27. The molecule has 7 heteroatoms. The average molecular weight is 386 g/mol. The zero-order valence-electron chi connectivity index (χ0n) is 12.3. The highest BCUT2D eigenvalue weighted by atomic mass is 79.9. The summed E-state index contributed by atoms with van der Waals surface area (Å²) < 4.78 is 0.610. The number of hydrogen-bond acceptors (Lipinski definition) is 3. The van der Waals surface area contributed by atoms with E-state index in [1.54, 1.807) is 48.5 Å². The minimum atomic E-state index is -0.572. The van der Waals surface area contributed by atoms with Crippen LogP contribution in [0.4, 0.5) is 0 Å². The molecule has 0 aliphatic rings. The van der Waals surface area contributed by atoms with Crippen LogP contribution in [0, 0.1) is 0 Å². The number of rotatable bonds is 2. The SMILES string of the molecule is O=C(NNC(=O)c1cc(=O)[nH]c2ccccc12)c1ccccc1Br. The van der Waals surface area contributed by atoms with E-state index < -0.39 is 17.4 Å². The number of pyridine rings is 1. The van der Waals surface area contributed by atoms with E-state index in [1.165, 1.54) is 6.07 Å². The maximum atomic E-state index is 12.3. The second kappa shape index (κ2) is 6.67. The Hall–Kier alpha value is -2.93. The first-order chi connectivity index (χ1) is 11.6. The van der Waals surface area contributed by atoms with Crippen molar-refractivity contribution in [3.63, 3.8) is 0 Å². The van der Waals surface area contributed by atoms with Gasteiger partial charge in [-0.3, -0.25) is 25.2 Å². The highest BCUT2D eigenvalue weighted by molar-refractivity contribution is 9.10. The summed E-state index contributed by atoms with van der Waals surface area (Å²) in [5.41, 5.74) is 5.39. The second-order valence-corrected chi connectivity index (χ2v) is 5.84. The number of fused-ring (bicyclic) bond motifs is 1. The smallest absolute Gasteiger partial charge is 0.270 e. The molecule has 0 saturated heterocycles. The van der Waals surface area contributed by atoms with E-state index in [-0.39, 0.29) is 5.56 Å². The third-order valence-electron chi connectivity index (χ3n) is 3.40. The molecule has 0 radical (unpaired) electrons. The first kappa shape index (κ1) is 15.9. The lowest BCUT2D eigenvalue weighted by Crippen LogP contribution is -2.42. The Morgan fingerprint density at radius 3 is 2.25 bits per heavy atom. The fraction of sp³-hybridized carbons (Fsp3) is 0. The molecule has 0 bridgehead atoms. The molecule has 0 fully saturated rings. The number of hydrogen-bond donors (Lipinski definition) is 3. The van der Waals surface area contributed by atoms with Gasteiger partial charge in [0.1, 0.15) is 0 Å². The minimum Gasteiger partial charge on any atom is -0.322 e. The van der Waals surface area contributed by atoms with Gasteiger partial charge >= 0.3 is 0 Å². The van der Waals surface area contributed by atoms with Gasteiger partial charge in [0.2, 0.25) is 5.56 Å². The van der Waals surface area contributed by atoms with Crippen molar-refractivity contribution in [2.24, 2.45) is 0 Å². The van der Waals surface area contributed by atoms with Crippen molar-refractivity contribution in [3.8, 4) is 0 Å². The lowest BCUT2D eigenvalue weighted by Gasteiger charge is -2.10. The fourth-order valence-corrected chi connectivity index (χ4v) is 2.75. The van der Waals surface area contributed by atoms with Crippen molar-refractivity contribution >= 4 is 38.6 Å². The fourth-order valence-electron chi connectivity index (χ4n) is 2.29. The summed E-state index contributed by atoms with van der Waals surface area (Å²) in [5, 5.41) is 0.588. The highest BCUT2D eigenvalue weighted by Crippen LogP contribution is 2.16. The number of para-hydroxylation sites is 1. The summed E-state index contributed by atoms with van der Waals surface area (Å²) in [5.74, 6) is -1.04. The van der Waals surface area contributed by atoms with Crippen LogP contribution in [0.25, 0.3) is 10.9 Å². The van der Waals surface area contributed by atoms with Gasteiger partial charge in [-0.1, -0.05) is 30.3 Å². The second-order valence-electron chi connectivity index (χ2n) is 4.98. The predicted molar refractivity (Wildman–Crippen MR) is 93.6 cm³/mol. The lowest BCUT2D eigenvalue weighted by atomic mass is 10.1. The van der Waals surface area contributed by atoms with Crippen LogP contribution in [0.3, 0.4) is 0 Å². The molecule has 0 atom stereocenters. The average Bonchev–Trinajstić information content (AvgIpc) is 2.59. The van der Waals surface area contributed by atoms with E-state index in [1.807, 2.05) is 0 Å². The molecular weight excluding hydrogens is 374 g/mol. The molecule has 0 spiro atoms. The standard InChI is InChI=1S/C17H12BrN3O3/c18-13-7-3-1-6-11(13)16(23)20-21-17(24)12-9-15(22)19-14-8-4-2-5-10(12)14/h1-9H,(H,19,22)(H,20,23)(H,21,24). The number of carbonyl (C=O) groups excluding carboxylic acids is 2. The molecule has 0 aliphatic carbocycles. The number of carbonyl (C=O) groups is 2. The van der Waals surface area contributed by atoms with Gasteiger partial charge in [-0.25, -0.2) is 0 Å². The molecule has 3 N–H and O–H groups in total. The molecule has 0 aliphatic heterocycles. The van der Waals surface area contributed by atoms with Crippen molar-refractivity contribution < 1.29 is 9.59 Å². The van der Waals surface area contributed by atoms with Crippen LogP contribution in [0.1, 0.15) is 20.7 Å². The van der Waals surface area contributed by atoms with Crippen LogP contribution >= 0.6 is 15.9 Å². The Bertz CT molecular complexity index is 998. The molecule has 1 aromatic heterocycles. The van der Waals surface area contributed by atoms with Crippen LogP contribution in [0.5, 0.6) is 0 Å². The Balaban J connectivity index is 1.82. The molecule has 3 rings (SSSR count). The van der Waals surface area contributed by atoms with Crippen molar-refractivity contribution in [1.82, 2.24) is 15.8 Å². The molecular formula is C17H12BrN3O3. The quantitative estimate of drug-likeness (QED) is 0.591. The maximum Gasteiger partial charge on any atom is 0.270 e. The predicted octanol–water partition coefficient (Wildman–Crippen LogP) is 2.37. The Morgan fingerprint density at radius 1 is 0.875 bits per heavy atom. The zero-order chi connectivity index (χ0) is 17.1. The molecule has 2 amide bonds. The number of H-pyrrole nitrogens is 1. The molecule has 120 valence electrons. The van der Waals surface area contributed by atoms with Gasteiger partial charge in [0, 0.05) is 21.4 Å². The molecule has 24 heavy (non-hydrogen) atoms. The van der Waals surface area contributed by atoms with Crippen LogP contribution < -0.4 is 16.4 Å². The van der Waals surface area contributed by atoms with Crippen molar-refractivity contribution in [3.05, 3.63) is 80.6 Å². The first-order valence-electron chi connectivity index (χ1n) is 7.03. The Kier molecular flexibility index (Phi) is 4.43. The van der Waals surface area contributed by atoms with E-state index in [2.05, 4.69) is 31.8 Å². The summed E-state index contributed by atoms with van der Waals surface area (Å²) in [7, 11) is 0. The Labute approximate surface area is 145 Å². The number of nitrogens with one attached hydrogen (secondary N) is 3. The maximum absolute atomic E-state index is 12.3. The van der Waals surface area contributed by atoms with Crippen molar-refractivity contribution in [1.29, 1.82) is 0 Å². The zero-order valence-corrected chi connectivity index (χ0v) is 13.9. The largest absolute Gasteiger partial charge is 0.322 e. The van der Waals surface area contributed by atoms with Crippen LogP contribution in [0.2, 0.25) is 0 Å². The summed E-state index contributed by atoms with van der Waals surface area (Å²) in [6.45, 7) is 0. The number of aromatic nitrogens is 1. The summed E-state index contributed by atoms with van der Waals surface area (Å²) in [4.78, 5) is 38.8. The third-order valence-corrected chi connectivity index (χ3v) is 4.09. The number of hydrazine groups is 1. The van der Waals surface area contributed by atoms with Crippen molar-refractivity contribution in [2.75, 3.05) is 0 Å². The van der Waals surface area contributed by atoms with E-state index in [9.17, 15) is 14.4 Å². The molecule has 0 unspecified atom stereocenters. The van der Waals surface area contributed by atoms with Crippen molar-refractivity contribution in [2.45, 2.75) is 0 Å². The van der Waals surface area contributed by atoms with Gasteiger partial charge in [0.05, 0.1) is 11.1 Å². The van der Waals surface area contributed by atoms with Gasteiger partial charge in [0.25, 0.3) is 11.8 Å². The third kappa shape index (κ3) is 3.21. The monoisotopic (exact) mass is 385 g/mol. The number of benzene rings is 2. The lowest BCUT2D eigenvalue weighted by molar-refractivity contribution is 0.0847. The molecule has 1 heterocycles. The summed E-state index contributed by atoms with van der Waals surface area (Å²) in [6, 6.07) is 15.0. The van der Waals surface area contributed by atoms with Gasteiger partial charge in [-0.05, 0) is 34.1 Å². The summed E-state index contributed by atoms with van der Waals surface area (Å²) in [6.07, 6.45) is 0. The topological polar surface area (TPSA) is 91.1 Å². The number of amides is 2. The van der Waals surface area contributed by atoms with Crippen LogP contribution in [-0.4, -0.2) is 16.8 Å². The van der Waals surface area contributed by atoms with E-state index in [0.717, 1.165) is 0 Å². The van der Waals surface area contributed by atoms with E-state index >= 15 is 0 Å². The van der Waals surface area contributed by atoms with E-state index in [4.69, 9.17) is 0 Å². The van der Waals surface area contributed by atoms with Gasteiger partial charge in [-0.2, -0.15) is 0 Å². The molecule has 6 nitrogen and oxygen atoms in total.